The van der Waals surface area contributed by atoms with Gasteiger partial charge in [-0.3, -0.25) is 10.1 Å². The lowest BCUT2D eigenvalue weighted by Crippen LogP contribution is -2.20. The third kappa shape index (κ3) is 1.63. The van der Waals surface area contributed by atoms with Crippen molar-refractivity contribution in [3.05, 3.63) is 39.4 Å². The van der Waals surface area contributed by atoms with E-state index in [2.05, 4.69) is 0 Å². The van der Waals surface area contributed by atoms with Crippen molar-refractivity contribution in [1.29, 1.82) is 0 Å². The van der Waals surface area contributed by atoms with Crippen molar-refractivity contribution in [2.45, 2.75) is 32.6 Å². The van der Waals surface area contributed by atoms with Gasteiger partial charge in [-0.1, -0.05) is 25.5 Å². The molecular formula is C13H17NO3. The van der Waals surface area contributed by atoms with Crippen molar-refractivity contribution in [2.75, 3.05) is 6.61 Å². The molecule has 0 heterocycles. The van der Waals surface area contributed by atoms with Gasteiger partial charge in [0.05, 0.1) is 11.5 Å². The number of aryl methyl sites for hydroxylation is 1. The molecule has 4 nitrogen and oxygen atoms in total. The molecule has 0 spiro atoms. The molecule has 0 saturated heterocycles. The first kappa shape index (κ1) is 12.0. The number of hydrogen-bond donors (Lipinski definition) is 1. The monoisotopic (exact) mass is 235 g/mol. The maximum absolute atomic E-state index is 11.1. The number of aliphatic hydroxyl groups is 1. The maximum Gasteiger partial charge on any atom is 0.273 e. The Hall–Kier alpha value is -1.42. The Kier molecular flexibility index (Phi) is 2.51. The summed E-state index contributed by atoms with van der Waals surface area (Å²) in [5, 5.41) is 20.7. The molecule has 1 atom stereocenters. The third-order valence-corrected chi connectivity index (χ3v) is 4.05. The molecule has 1 aromatic carbocycles. The molecule has 0 aromatic heterocycles. The maximum atomic E-state index is 11.1. The average molecular weight is 235 g/mol. The number of nitro groups is 1. The first-order chi connectivity index (χ1) is 7.84. The van der Waals surface area contributed by atoms with Gasteiger partial charge in [0, 0.05) is 17.0 Å². The number of rotatable bonds is 3. The van der Waals surface area contributed by atoms with Crippen LogP contribution < -0.4 is 0 Å². The highest BCUT2D eigenvalue weighted by molar-refractivity contribution is 5.52. The van der Waals surface area contributed by atoms with Crippen LogP contribution in [0, 0.1) is 22.5 Å². The average Bonchev–Trinajstić information content (AvgIpc) is 2.81. The van der Waals surface area contributed by atoms with Crippen LogP contribution in [-0.4, -0.2) is 16.6 Å². The molecule has 1 aromatic rings. The third-order valence-electron chi connectivity index (χ3n) is 4.05. The van der Waals surface area contributed by atoms with E-state index < -0.39 is 5.41 Å². The number of nitrogens with zero attached hydrogens (tertiary/aromatic N) is 1. The molecule has 17 heavy (non-hydrogen) atoms. The van der Waals surface area contributed by atoms with Crippen molar-refractivity contribution < 1.29 is 10.0 Å². The molecule has 1 aliphatic carbocycles. The molecule has 1 saturated carbocycles. The number of aliphatic hydroxyl groups excluding tert-OH is 1. The van der Waals surface area contributed by atoms with Gasteiger partial charge in [-0.2, -0.15) is 0 Å². The van der Waals surface area contributed by atoms with E-state index in [1.165, 1.54) is 6.07 Å². The van der Waals surface area contributed by atoms with Crippen LogP contribution in [0.4, 0.5) is 5.69 Å². The SMILES string of the molecule is Cc1ccc([N+](=O)[O-])c(C2(CO)CC2(C)C)c1. The van der Waals surface area contributed by atoms with Crippen LogP contribution in [-0.2, 0) is 5.41 Å². The van der Waals surface area contributed by atoms with Gasteiger partial charge in [0.15, 0.2) is 0 Å². The molecule has 2 rings (SSSR count). The van der Waals surface area contributed by atoms with Crippen LogP contribution in [0.25, 0.3) is 0 Å². The van der Waals surface area contributed by atoms with E-state index in [0.717, 1.165) is 12.0 Å². The van der Waals surface area contributed by atoms with Gasteiger partial charge >= 0.3 is 0 Å². The van der Waals surface area contributed by atoms with Crippen molar-refractivity contribution >= 4 is 5.69 Å². The summed E-state index contributed by atoms with van der Waals surface area (Å²) in [6.07, 6.45) is 0.792. The van der Waals surface area contributed by atoms with E-state index >= 15 is 0 Å². The fourth-order valence-corrected chi connectivity index (χ4v) is 2.72. The van der Waals surface area contributed by atoms with E-state index in [1.807, 2.05) is 26.8 Å². The summed E-state index contributed by atoms with van der Waals surface area (Å²) in [5.74, 6) is 0. The summed E-state index contributed by atoms with van der Waals surface area (Å²) >= 11 is 0. The van der Waals surface area contributed by atoms with Crippen molar-refractivity contribution in [3.8, 4) is 0 Å². The largest absolute Gasteiger partial charge is 0.395 e. The molecule has 0 radical (unpaired) electrons. The van der Waals surface area contributed by atoms with Crippen LogP contribution in [0.15, 0.2) is 18.2 Å². The number of nitro benzene ring substituents is 1. The molecule has 0 amide bonds. The minimum absolute atomic E-state index is 0.0374. The van der Waals surface area contributed by atoms with Gasteiger partial charge < -0.3 is 5.11 Å². The Labute approximate surface area is 100 Å². The minimum Gasteiger partial charge on any atom is -0.395 e. The smallest absolute Gasteiger partial charge is 0.273 e. The highest BCUT2D eigenvalue weighted by Crippen LogP contribution is 2.65. The molecule has 1 aliphatic rings. The predicted molar refractivity (Wildman–Crippen MR) is 65.0 cm³/mol. The van der Waals surface area contributed by atoms with Crippen LogP contribution >= 0.6 is 0 Å². The Balaban J connectivity index is 2.59. The van der Waals surface area contributed by atoms with E-state index in [4.69, 9.17) is 0 Å². The van der Waals surface area contributed by atoms with Gasteiger partial charge in [-0.05, 0) is 24.8 Å². The van der Waals surface area contributed by atoms with Crippen LogP contribution in [0.3, 0.4) is 0 Å². The molecular weight excluding hydrogens is 218 g/mol. The fraction of sp³-hybridized carbons (Fsp3) is 0.538. The van der Waals surface area contributed by atoms with E-state index in [9.17, 15) is 15.2 Å². The highest BCUT2D eigenvalue weighted by atomic mass is 16.6. The molecule has 0 bridgehead atoms. The molecule has 1 unspecified atom stereocenters. The van der Waals surface area contributed by atoms with Crippen molar-refractivity contribution in [2.24, 2.45) is 5.41 Å². The van der Waals surface area contributed by atoms with Gasteiger partial charge in [0.1, 0.15) is 0 Å². The Bertz CT molecular complexity index is 482. The van der Waals surface area contributed by atoms with E-state index in [1.54, 1.807) is 6.07 Å². The lowest BCUT2D eigenvalue weighted by molar-refractivity contribution is -0.386. The second kappa shape index (κ2) is 3.53. The van der Waals surface area contributed by atoms with Crippen molar-refractivity contribution in [3.63, 3.8) is 0 Å². The summed E-state index contributed by atoms with van der Waals surface area (Å²) < 4.78 is 0. The second-order valence-corrected chi connectivity index (χ2v) is 5.58. The van der Waals surface area contributed by atoms with Crippen molar-refractivity contribution in [1.82, 2.24) is 0 Å². The zero-order valence-electron chi connectivity index (χ0n) is 10.4. The Morgan fingerprint density at radius 3 is 2.47 bits per heavy atom. The lowest BCUT2D eigenvalue weighted by Gasteiger charge is -2.18. The molecule has 4 heteroatoms. The highest BCUT2D eigenvalue weighted by Gasteiger charge is 2.63. The van der Waals surface area contributed by atoms with E-state index in [0.29, 0.717) is 5.56 Å². The van der Waals surface area contributed by atoms with Gasteiger partial charge in [-0.25, -0.2) is 0 Å². The topological polar surface area (TPSA) is 63.4 Å². The first-order valence-corrected chi connectivity index (χ1v) is 5.70. The molecule has 1 N–H and O–H groups in total. The summed E-state index contributed by atoms with van der Waals surface area (Å²) in [5.41, 5.74) is 1.27. The zero-order chi connectivity index (χ0) is 12.8. The quantitative estimate of drug-likeness (QED) is 0.647. The fourth-order valence-electron chi connectivity index (χ4n) is 2.72. The van der Waals surface area contributed by atoms with Crippen LogP contribution in [0.1, 0.15) is 31.4 Å². The zero-order valence-corrected chi connectivity index (χ0v) is 10.4. The molecule has 1 fully saturated rings. The minimum atomic E-state index is -0.443. The number of benzene rings is 1. The van der Waals surface area contributed by atoms with Gasteiger partial charge in [0.25, 0.3) is 5.69 Å². The first-order valence-electron chi connectivity index (χ1n) is 5.70. The summed E-state index contributed by atoms with van der Waals surface area (Å²) in [4.78, 5) is 10.7. The summed E-state index contributed by atoms with van der Waals surface area (Å²) in [6.45, 7) is 5.95. The standard InChI is InChI=1S/C13H17NO3/c1-9-4-5-11(14(16)17)10(6-9)13(8-15)7-12(13,2)3/h4-6,15H,7-8H2,1-3H3. The summed E-state index contributed by atoms with van der Waals surface area (Å²) in [6, 6.07) is 5.11. The van der Waals surface area contributed by atoms with Crippen LogP contribution in [0.5, 0.6) is 0 Å². The molecule has 0 aliphatic heterocycles. The Morgan fingerprint density at radius 1 is 1.47 bits per heavy atom. The summed E-state index contributed by atoms with van der Waals surface area (Å²) in [7, 11) is 0. The number of hydrogen-bond acceptors (Lipinski definition) is 3. The van der Waals surface area contributed by atoms with E-state index in [-0.39, 0.29) is 22.6 Å². The van der Waals surface area contributed by atoms with Gasteiger partial charge in [-0.15, -0.1) is 0 Å². The molecule has 92 valence electrons. The van der Waals surface area contributed by atoms with Gasteiger partial charge in [0.2, 0.25) is 0 Å². The lowest BCUT2D eigenvalue weighted by atomic mass is 9.86. The van der Waals surface area contributed by atoms with Crippen LogP contribution in [0.2, 0.25) is 0 Å². The normalized spacial score (nSPS) is 25.6. The second-order valence-electron chi connectivity index (χ2n) is 5.58. The Morgan fingerprint density at radius 2 is 2.06 bits per heavy atom. The predicted octanol–water partition coefficient (Wildman–Crippen LogP) is 2.56.